The number of carbonyl (C=O) groups excluding carboxylic acids is 1. The van der Waals surface area contributed by atoms with Crippen LogP contribution in [0, 0.1) is 0 Å². The smallest absolute Gasteiger partial charge is 0.186 e. The van der Waals surface area contributed by atoms with Crippen LogP contribution >= 0.6 is 15.9 Å². The lowest BCUT2D eigenvalue weighted by Crippen LogP contribution is -1.97. The second-order valence-electron chi connectivity index (χ2n) is 4.63. The first kappa shape index (κ1) is 17.1. The van der Waals surface area contributed by atoms with Crippen molar-refractivity contribution in [2.45, 2.75) is 0 Å². The van der Waals surface area contributed by atoms with E-state index in [4.69, 9.17) is 14.2 Å². The SMILES string of the molecule is COc1cc(OC)c(OC)cc1/C=C/C(=O)c1ccccc1Br. The quantitative estimate of drug-likeness (QED) is 0.554. The lowest BCUT2D eigenvalue weighted by Gasteiger charge is -2.12. The number of benzene rings is 2. The Kier molecular flexibility index (Phi) is 5.82. The zero-order valence-corrected chi connectivity index (χ0v) is 14.7. The van der Waals surface area contributed by atoms with Crippen molar-refractivity contribution in [2.24, 2.45) is 0 Å². The van der Waals surface area contributed by atoms with Gasteiger partial charge in [0.2, 0.25) is 0 Å². The summed E-state index contributed by atoms with van der Waals surface area (Å²) in [7, 11) is 4.68. The minimum absolute atomic E-state index is 0.102. The molecule has 0 aliphatic carbocycles. The van der Waals surface area contributed by atoms with Crippen LogP contribution in [0.1, 0.15) is 15.9 Å². The zero-order valence-electron chi connectivity index (χ0n) is 13.1. The van der Waals surface area contributed by atoms with Gasteiger partial charge in [-0.1, -0.05) is 28.1 Å². The van der Waals surface area contributed by atoms with E-state index in [1.165, 1.54) is 6.08 Å². The van der Waals surface area contributed by atoms with E-state index < -0.39 is 0 Å². The summed E-state index contributed by atoms with van der Waals surface area (Å²) in [6.45, 7) is 0. The monoisotopic (exact) mass is 376 g/mol. The van der Waals surface area contributed by atoms with Gasteiger partial charge < -0.3 is 14.2 Å². The molecule has 0 fully saturated rings. The zero-order chi connectivity index (χ0) is 16.8. The van der Waals surface area contributed by atoms with Crippen molar-refractivity contribution in [2.75, 3.05) is 21.3 Å². The van der Waals surface area contributed by atoms with Crippen molar-refractivity contribution < 1.29 is 19.0 Å². The summed E-state index contributed by atoms with van der Waals surface area (Å²) < 4.78 is 16.6. The first-order chi connectivity index (χ1) is 11.1. The van der Waals surface area contributed by atoms with E-state index in [0.29, 0.717) is 22.8 Å². The molecule has 0 unspecified atom stereocenters. The van der Waals surface area contributed by atoms with Crippen LogP contribution in [-0.2, 0) is 0 Å². The highest BCUT2D eigenvalue weighted by molar-refractivity contribution is 9.10. The van der Waals surface area contributed by atoms with Crippen LogP contribution in [0.5, 0.6) is 17.2 Å². The Morgan fingerprint density at radius 1 is 0.957 bits per heavy atom. The topological polar surface area (TPSA) is 44.8 Å². The highest BCUT2D eigenvalue weighted by Crippen LogP contribution is 2.35. The number of halogens is 1. The van der Waals surface area contributed by atoms with Gasteiger partial charge in [0.05, 0.1) is 21.3 Å². The lowest BCUT2D eigenvalue weighted by molar-refractivity contribution is 0.104. The summed E-state index contributed by atoms with van der Waals surface area (Å²) >= 11 is 3.38. The largest absolute Gasteiger partial charge is 0.496 e. The maximum absolute atomic E-state index is 12.3. The Bertz CT molecular complexity index is 738. The number of carbonyl (C=O) groups is 1. The molecule has 0 spiro atoms. The van der Waals surface area contributed by atoms with Gasteiger partial charge >= 0.3 is 0 Å². The normalized spacial score (nSPS) is 10.6. The molecular formula is C18H17BrO4. The van der Waals surface area contributed by atoms with E-state index in [2.05, 4.69) is 15.9 Å². The van der Waals surface area contributed by atoms with Crippen LogP contribution in [0.15, 0.2) is 46.9 Å². The maximum Gasteiger partial charge on any atom is 0.186 e. The molecule has 2 aromatic rings. The van der Waals surface area contributed by atoms with E-state index in [9.17, 15) is 4.79 Å². The third-order valence-corrected chi connectivity index (χ3v) is 3.98. The second kappa shape index (κ2) is 7.83. The third-order valence-electron chi connectivity index (χ3n) is 3.29. The average molecular weight is 377 g/mol. The first-order valence-corrected chi connectivity index (χ1v) is 7.67. The van der Waals surface area contributed by atoms with E-state index in [-0.39, 0.29) is 5.78 Å². The van der Waals surface area contributed by atoms with Crippen molar-refractivity contribution in [1.82, 2.24) is 0 Å². The second-order valence-corrected chi connectivity index (χ2v) is 5.48. The molecule has 120 valence electrons. The number of ether oxygens (including phenoxy) is 3. The molecule has 0 heterocycles. The van der Waals surface area contributed by atoms with E-state index in [1.807, 2.05) is 18.2 Å². The van der Waals surface area contributed by atoms with Crippen LogP contribution < -0.4 is 14.2 Å². The first-order valence-electron chi connectivity index (χ1n) is 6.87. The lowest BCUT2D eigenvalue weighted by atomic mass is 10.1. The molecule has 0 saturated carbocycles. The molecule has 0 N–H and O–H groups in total. The summed E-state index contributed by atoms with van der Waals surface area (Å²) in [6, 6.07) is 10.8. The van der Waals surface area contributed by atoms with E-state index in [1.54, 1.807) is 45.6 Å². The van der Waals surface area contributed by atoms with Crippen molar-refractivity contribution in [3.8, 4) is 17.2 Å². The Labute approximate surface area is 143 Å². The molecule has 5 heteroatoms. The number of hydrogen-bond donors (Lipinski definition) is 0. The maximum atomic E-state index is 12.3. The van der Waals surface area contributed by atoms with Gasteiger partial charge in [0.25, 0.3) is 0 Å². The standard InChI is InChI=1S/C18H17BrO4/c1-21-16-11-18(23-3)17(22-2)10-12(16)8-9-15(20)13-6-4-5-7-14(13)19/h4-11H,1-3H3/b9-8+. The molecule has 23 heavy (non-hydrogen) atoms. The summed E-state index contributed by atoms with van der Waals surface area (Å²) in [6.07, 6.45) is 3.20. The molecule has 0 amide bonds. The molecular weight excluding hydrogens is 360 g/mol. The van der Waals surface area contributed by atoms with Crippen LogP contribution in [0.3, 0.4) is 0 Å². The van der Waals surface area contributed by atoms with Gasteiger partial charge in [-0.2, -0.15) is 0 Å². The van der Waals surface area contributed by atoms with Crippen LogP contribution in [-0.4, -0.2) is 27.1 Å². The molecule has 0 atom stereocenters. The molecule has 2 rings (SSSR count). The fourth-order valence-electron chi connectivity index (χ4n) is 2.10. The summed E-state index contributed by atoms with van der Waals surface area (Å²) in [4.78, 5) is 12.3. The number of ketones is 1. The average Bonchev–Trinajstić information content (AvgIpc) is 2.59. The summed E-state index contributed by atoms with van der Waals surface area (Å²) in [5.74, 6) is 1.63. The highest BCUT2D eigenvalue weighted by Gasteiger charge is 2.11. The van der Waals surface area contributed by atoms with Crippen molar-refractivity contribution in [3.63, 3.8) is 0 Å². The summed E-state index contributed by atoms with van der Waals surface area (Å²) in [5.41, 5.74) is 1.33. The van der Waals surface area contributed by atoms with Crippen molar-refractivity contribution in [1.29, 1.82) is 0 Å². The van der Waals surface area contributed by atoms with Gasteiger partial charge in [-0.3, -0.25) is 4.79 Å². The fraction of sp³-hybridized carbons (Fsp3) is 0.167. The van der Waals surface area contributed by atoms with Crippen LogP contribution in [0.2, 0.25) is 0 Å². The number of hydrogen-bond acceptors (Lipinski definition) is 4. The van der Waals surface area contributed by atoms with E-state index >= 15 is 0 Å². The number of methoxy groups -OCH3 is 3. The molecule has 2 aromatic carbocycles. The predicted molar refractivity (Wildman–Crippen MR) is 93.6 cm³/mol. The molecule has 0 bridgehead atoms. The molecule has 0 aromatic heterocycles. The Morgan fingerprint density at radius 2 is 1.57 bits per heavy atom. The predicted octanol–water partition coefficient (Wildman–Crippen LogP) is 4.37. The van der Waals surface area contributed by atoms with Crippen LogP contribution in [0.4, 0.5) is 0 Å². The van der Waals surface area contributed by atoms with Crippen LogP contribution in [0.25, 0.3) is 6.08 Å². The highest BCUT2D eigenvalue weighted by atomic mass is 79.9. The fourth-order valence-corrected chi connectivity index (χ4v) is 2.58. The Hall–Kier alpha value is -2.27. The van der Waals surface area contributed by atoms with Crippen molar-refractivity contribution >= 4 is 27.8 Å². The van der Waals surface area contributed by atoms with Gasteiger partial charge in [0, 0.05) is 21.7 Å². The minimum Gasteiger partial charge on any atom is -0.496 e. The van der Waals surface area contributed by atoms with Gasteiger partial charge in [-0.25, -0.2) is 0 Å². The van der Waals surface area contributed by atoms with Gasteiger partial charge in [-0.05, 0) is 30.4 Å². The summed E-state index contributed by atoms with van der Waals surface area (Å²) in [5, 5.41) is 0. The molecule has 0 aliphatic rings. The minimum atomic E-state index is -0.102. The molecule has 0 saturated heterocycles. The van der Waals surface area contributed by atoms with E-state index in [0.717, 1.165) is 10.0 Å². The molecule has 0 radical (unpaired) electrons. The van der Waals surface area contributed by atoms with Crippen molar-refractivity contribution in [3.05, 3.63) is 58.1 Å². The van der Waals surface area contributed by atoms with Gasteiger partial charge in [0.15, 0.2) is 17.3 Å². The Balaban J connectivity index is 2.35. The third kappa shape index (κ3) is 3.93. The van der Waals surface area contributed by atoms with Gasteiger partial charge in [0.1, 0.15) is 5.75 Å². The number of rotatable bonds is 6. The number of allylic oxidation sites excluding steroid dienone is 1. The molecule has 0 aliphatic heterocycles. The Morgan fingerprint density at radius 3 is 2.17 bits per heavy atom. The molecule has 4 nitrogen and oxygen atoms in total. The van der Waals surface area contributed by atoms with Gasteiger partial charge in [-0.15, -0.1) is 0 Å².